The van der Waals surface area contributed by atoms with Crippen molar-refractivity contribution in [2.45, 2.75) is 12.5 Å². The Bertz CT molecular complexity index is 725. The Hall–Kier alpha value is -2.61. The van der Waals surface area contributed by atoms with Crippen molar-refractivity contribution in [3.63, 3.8) is 0 Å². The standard InChI is InChI=1S/C16H12F2N2O/c17-11-4-5-16-10(6-11)7-12(21-16)9-20-15-3-1-2-14(18)13(15)8-19/h1-6,12,20H,7,9H2. The molecule has 1 aliphatic rings. The first-order chi connectivity index (χ1) is 10.2. The molecule has 0 aliphatic carbocycles. The number of benzene rings is 2. The predicted molar refractivity (Wildman–Crippen MR) is 74.1 cm³/mol. The van der Waals surface area contributed by atoms with Gasteiger partial charge in [0.2, 0.25) is 0 Å². The van der Waals surface area contributed by atoms with Gasteiger partial charge in [0.15, 0.2) is 0 Å². The van der Waals surface area contributed by atoms with E-state index in [0.29, 0.717) is 24.4 Å². The smallest absolute Gasteiger partial charge is 0.143 e. The molecule has 2 aromatic carbocycles. The predicted octanol–water partition coefficient (Wildman–Crippen LogP) is 3.25. The molecule has 0 fully saturated rings. The zero-order valence-electron chi connectivity index (χ0n) is 11.1. The van der Waals surface area contributed by atoms with E-state index in [1.807, 2.05) is 6.07 Å². The van der Waals surface area contributed by atoms with Crippen molar-refractivity contribution >= 4 is 5.69 Å². The van der Waals surface area contributed by atoms with Crippen molar-refractivity contribution in [1.29, 1.82) is 5.26 Å². The highest BCUT2D eigenvalue weighted by atomic mass is 19.1. The monoisotopic (exact) mass is 286 g/mol. The number of rotatable bonds is 3. The van der Waals surface area contributed by atoms with Crippen molar-refractivity contribution in [3.05, 3.63) is 59.2 Å². The van der Waals surface area contributed by atoms with Gasteiger partial charge in [-0.3, -0.25) is 0 Å². The summed E-state index contributed by atoms with van der Waals surface area (Å²) in [5.41, 5.74) is 1.24. The van der Waals surface area contributed by atoms with Crippen LogP contribution in [0.25, 0.3) is 0 Å². The number of nitriles is 1. The van der Waals surface area contributed by atoms with Crippen molar-refractivity contribution in [1.82, 2.24) is 0 Å². The fourth-order valence-corrected chi connectivity index (χ4v) is 2.41. The van der Waals surface area contributed by atoms with Gasteiger partial charge in [0.05, 0.1) is 12.2 Å². The summed E-state index contributed by atoms with van der Waals surface area (Å²) in [5, 5.41) is 12.0. The normalized spacial score (nSPS) is 16.0. The molecule has 0 amide bonds. The molecule has 1 heterocycles. The van der Waals surface area contributed by atoms with E-state index >= 15 is 0 Å². The largest absolute Gasteiger partial charge is 0.488 e. The number of anilines is 1. The lowest BCUT2D eigenvalue weighted by Gasteiger charge is -2.14. The van der Waals surface area contributed by atoms with Gasteiger partial charge in [0.1, 0.15) is 35.1 Å². The lowest BCUT2D eigenvalue weighted by molar-refractivity contribution is 0.246. The van der Waals surface area contributed by atoms with Crippen LogP contribution in [0.15, 0.2) is 36.4 Å². The molecule has 3 nitrogen and oxygen atoms in total. The van der Waals surface area contributed by atoms with Crippen LogP contribution < -0.4 is 10.1 Å². The fourth-order valence-electron chi connectivity index (χ4n) is 2.41. The molecule has 3 rings (SSSR count). The first-order valence-corrected chi connectivity index (χ1v) is 6.55. The molecular weight excluding hydrogens is 274 g/mol. The Labute approximate surface area is 120 Å². The van der Waals surface area contributed by atoms with E-state index in [0.717, 1.165) is 5.56 Å². The summed E-state index contributed by atoms with van der Waals surface area (Å²) in [4.78, 5) is 0. The van der Waals surface area contributed by atoms with Crippen molar-refractivity contribution < 1.29 is 13.5 Å². The van der Waals surface area contributed by atoms with Crippen molar-refractivity contribution in [2.24, 2.45) is 0 Å². The second-order valence-electron chi connectivity index (χ2n) is 4.85. The van der Waals surface area contributed by atoms with Gasteiger partial charge in [-0.15, -0.1) is 0 Å². The van der Waals surface area contributed by atoms with Crippen LogP contribution in [0.1, 0.15) is 11.1 Å². The number of ether oxygens (including phenoxy) is 1. The van der Waals surface area contributed by atoms with E-state index in [1.54, 1.807) is 12.1 Å². The second kappa shape index (κ2) is 5.41. The minimum absolute atomic E-state index is 0.0148. The summed E-state index contributed by atoms with van der Waals surface area (Å²) in [6.07, 6.45) is 0.411. The highest BCUT2D eigenvalue weighted by molar-refractivity contribution is 5.58. The van der Waals surface area contributed by atoms with Gasteiger partial charge in [-0.25, -0.2) is 8.78 Å². The first kappa shape index (κ1) is 13.4. The highest BCUT2D eigenvalue weighted by Crippen LogP contribution is 2.29. The Morgan fingerprint density at radius 1 is 1.29 bits per heavy atom. The maximum Gasteiger partial charge on any atom is 0.143 e. The molecule has 0 saturated heterocycles. The van der Waals surface area contributed by atoms with Gasteiger partial charge in [-0.1, -0.05) is 6.07 Å². The molecule has 0 saturated carbocycles. The van der Waals surface area contributed by atoms with Gasteiger partial charge in [0, 0.05) is 12.0 Å². The van der Waals surface area contributed by atoms with E-state index in [-0.39, 0.29) is 17.5 Å². The van der Waals surface area contributed by atoms with Gasteiger partial charge in [-0.05, 0) is 30.3 Å². The van der Waals surface area contributed by atoms with E-state index in [1.165, 1.54) is 24.3 Å². The zero-order chi connectivity index (χ0) is 14.8. The lowest BCUT2D eigenvalue weighted by atomic mass is 10.1. The molecule has 1 atom stereocenters. The third kappa shape index (κ3) is 2.65. The number of halogens is 2. The number of hydrogen-bond donors (Lipinski definition) is 1. The summed E-state index contributed by atoms with van der Waals surface area (Å²) in [6.45, 7) is 0.411. The van der Waals surface area contributed by atoms with Crippen molar-refractivity contribution in [2.75, 3.05) is 11.9 Å². The van der Waals surface area contributed by atoms with Crippen LogP contribution in [0.5, 0.6) is 5.75 Å². The summed E-state index contributed by atoms with van der Waals surface area (Å²) in [7, 11) is 0. The maximum absolute atomic E-state index is 13.5. The average Bonchev–Trinajstić information content (AvgIpc) is 2.87. The number of nitrogens with zero attached hydrogens (tertiary/aromatic N) is 1. The molecule has 0 radical (unpaired) electrons. The molecule has 0 bridgehead atoms. The number of hydrogen-bond acceptors (Lipinski definition) is 3. The third-order valence-electron chi connectivity index (χ3n) is 3.41. The van der Waals surface area contributed by atoms with Crippen LogP contribution in [-0.4, -0.2) is 12.6 Å². The molecule has 1 N–H and O–H groups in total. The van der Waals surface area contributed by atoms with Crippen LogP contribution in [0.2, 0.25) is 0 Å². The van der Waals surface area contributed by atoms with E-state index < -0.39 is 5.82 Å². The minimum Gasteiger partial charge on any atom is -0.488 e. The summed E-state index contributed by atoms with van der Waals surface area (Å²) < 4.78 is 32.3. The quantitative estimate of drug-likeness (QED) is 0.942. The Morgan fingerprint density at radius 3 is 2.95 bits per heavy atom. The SMILES string of the molecule is N#Cc1c(F)cccc1NCC1Cc2cc(F)ccc2O1. The molecule has 5 heteroatoms. The Balaban J connectivity index is 1.68. The van der Waals surface area contributed by atoms with E-state index in [9.17, 15) is 8.78 Å². The Morgan fingerprint density at radius 2 is 2.14 bits per heavy atom. The zero-order valence-corrected chi connectivity index (χ0v) is 11.1. The lowest BCUT2D eigenvalue weighted by Crippen LogP contribution is -2.24. The van der Waals surface area contributed by atoms with Crippen LogP contribution >= 0.6 is 0 Å². The molecule has 21 heavy (non-hydrogen) atoms. The molecule has 2 aromatic rings. The van der Waals surface area contributed by atoms with Gasteiger partial charge >= 0.3 is 0 Å². The summed E-state index contributed by atoms with van der Waals surface area (Å²) >= 11 is 0. The maximum atomic E-state index is 13.5. The minimum atomic E-state index is -0.555. The molecule has 1 aliphatic heterocycles. The summed E-state index contributed by atoms with van der Waals surface area (Å²) in [6, 6.07) is 10.7. The molecule has 0 aromatic heterocycles. The molecule has 1 unspecified atom stereocenters. The van der Waals surface area contributed by atoms with Crippen molar-refractivity contribution in [3.8, 4) is 11.8 Å². The van der Waals surface area contributed by atoms with Crippen LogP contribution in [-0.2, 0) is 6.42 Å². The molecule has 106 valence electrons. The van der Waals surface area contributed by atoms with Gasteiger partial charge < -0.3 is 10.1 Å². The average molecular weight is 286 g/mol. The van der Waals surface area contributed by atoms with Crippen LogP contribution in [0, 0.1) is 23.0 Å². The second-order valence-corrected chi connectivity index (χ2v) is 4.85. The van der Waals surface area contributed by atoms with Crippen LogP contribution in [0.4, 0.5) is 14.5 Å². The first-order valence-electron chi connectivity index (χ1n) is 6.55. The number of nitrogens with one attached hydrogen (secondary N) is 1. The Kier molecular flexibility index (Phi) is 3.44. The molecule has 0 spiro atoms. The molecular formula is C16H12F2N2O. The summed E-state index contributed by atoms with van der Waals surface area (Å²) in [5.74, 6) is -0.175. The van der Waals surface area contributed by atoms with Gasteiger partial charge in [-0.2, -0.15) is 5.26 Å². The number of fused-ring (bicyclic) bond motifs is 1. The fraction of sp³-hybridized carbons (Fsp3) is 0.188. The third-order valence-corrected chi connectivity index (χ3v) is 3.41. The topological polar surface area (TPSA) is 45.0 Å². The van der Waals surface area contributed by atoms with E-state index in [4.69, 9.17) is 10.00 Å². The van der Waals surface area contributed by atoms with Crippen LogP contribution in [0.3, 0.4) is 0 Å². The van der Waals surface area contributed by atoms with E-state index in [2.05, 4.69) is 5.32 Å². The van der Waals surface area contributed by atoms with Gasteiger partial charge in [0.25, 0.3) is 0 Å². The highest BCUT2D eigenvalue weighted by Gasteiger charge is 2.23.